The van der Waals surface area contributed by atoms with E-state index in [9.17, 15) is 14.4 Å². The van der Waals surface area contributed by atoms with Gasteiger partial charge in [0.15, 0.2) is 0 Å². The van der Waals surface area contributed by atoms with Gasteiger partial charge in [-0.3, -0.25) is 14.5 Å². The van der Waals surface area contributed by atoms with E-state index >= 15 is 0 Å². The van der Waals surface area contributed by atoms with E-state index in [4.69, 9.17) is 0 Å². The van der Waals surface area contributed by atoms with Crippen LogP contribution in [0.25, 0.3) is 0 Å². The Kier molecular flexibility index (Phi) is 7.50. The highest BCUT2D eigenvalue weighted by molar-refractivity contribution is 6.03. The summed E-state index contributed by atoms with van der Waals surface area (Å²) in [6.07, 6.45) is 0.567. The van der Waals surface area contributed by atoms with Gasteiger partial charge >= 0.3 is 6.03 Å². The third kappa shape index (κ3) is 5.07. The molecule has 0 bridgehead atoms. The molecule has 0 unspecified atom stereocenters. The molecule has 0 saturated carbocycles. The van der Waals surface area contributed by atoms with Gasteiger partial charge in [-0.1, -0.05) is 51.5 Å². The third-order valence-electron chi connectivity index (χ3n) is 6.36. The van der Waals surface area contributed by atoms with Crippen molar-refractivity contribution < 1.29 is 14.4 Å². The van der Waals surface area contributed by atoms with Gasteiger partial charge in [-0.15, -0.1) is 0 Å². The number of aryl methyl sites for hydroxylation is 2. The molecule has 7 nitrogen and oxygen atoms in total. The number of hydrogen-bond acceptors (Lipinski definition) is 3. The smallest absolute Gasteiger partial charge is 0.322 e. The number of carbonyl (C=O) groups excluding carboxylic acids is 3. The molecule has 2 N–H and O–H groups in total. The zero-order chi connectivity index (χ0) is 24.4. The number of urea groups is 1. The Bertz CT molecular complexity index is 966. The van der Waals surface area contributed by atoms with Gasteiger partial charge in [0.1, 0.15) is 6.04 Å². The zero-order valence-corrected chi connectivity index (χ0v) is 21.0. The number of carbonyl (C=O) groups is 3. The highest BCUT2D eigenvalue weighted by Crippen LogP contribution is 2.38. The van der Waals surface area contributed by atoms with Crippen molar-refractivity contribution >= 4 is 17.8 Å². The summed E-state index contributed by atoms with van der Waals surface area (Å²) in [6, 6.07) is 4.74. The maximum atomic E-state index is 13.8. The topological polar surface area (TPSA) is 81.8 Å². The van der Waals surface area contributed by atoms with E-state index in [1.54, 1.807) is 9.80 Å². The van der Waals surface area contributed by atoms with E-state index in [1.165, 1.54) is 0 Å². The quantitative estimate of drug-likeness (QED) is 0.629. The molecule has 0 spiro atoms. The SMILES string of the molecule is CCN1C(=O)N[C@@H](c2ccc(C)cc2C)C2=C1CN([C@H](CC(C)C)C(=O)NCC(C)C)C2=O. The summed E-state index contributed by atoms with van der Waals surface area (Å²) in [5, 5.41) is 6.06. The molecule has 2 aliphatic heterocycles. The number of nitrogens with zero attached hydrogens (tertiary/aromatic N) is 2. The van der Waals surface area contributed by atoms with E-state index in [-0.39, 0.29) is 30.3 Å². The predicted octanol–water partition coefficient (Wildman–Crippen LogP) is 3.67. The van der Waals surface area contributed by atoms with Crippen LogP contribution < -0.4 is 10.6 Å². The van der Waals surface area contributed by atoms with Crippen LogP contribution in [0.1, 0.15) is 63.8 Å². The molecular formula is C26H38N4O3. The Hall–Kier alpha value is -2.83. The van der Waals surface area contributed by atoms with Crippen LogP contribution in [0, 0.1) is 25.7 Å². The van der Waals surface area contributed by atoms with E-state index in [1.807, 2.05) is 46.8 Å². The predicted molar refractivity (Wildman–Crippen MR) is 129 cm³/mol. The fourth-order valence-electron chi connectivity index (χ4n) is 4.73. The maximum absolute atomic E-state index is 13.8. The lowest BCUT2D eigenvalue weighted by Crippen LogP contribution is -2.50. The zero-order valence-electron chi connectivity index (χ0n) is 21.0. The van der Waals surface area contributed by atoms with E-state index in [0.29, 0.717) is 36.7 Å². The van der Waals surface area contributed by atoms with Crippen molar-refractivity contribution in [1.29, 1.82) is 0 Å². The summed E-state index contributed by atoms with van der Waals surface area (Å²) in [5.74, 6) is 0.262. The molecule has 1 aromatic carbocycles. The molecule has 1 aromatic rings. The fourth-order valence-corrected chi connectivity index (χ4v) is 4.73. The lowest BCUT2D eigenvalue weighted by Gasteiger charge is -2.33. The van der Waals surface area contributed by atoms with Crippen LogP contribution in [0.2, 0.25) is 0 Å². The van der Waals surface area contributed by atoms with Gasteiger partial charge in [0.05, 0.1) is 23.9 Å². The molecule has 2 aliphatic rings. The first-order chi connectivity index (χ1) is 15.5. The first-order valence-corrected chi connectivity index (χ1v) is 12.0. The first kappa shape index (κ1) is 24.8. The molecule has 7 heteroatoms. The van der Waals surface area contributed by atoms with Gasteiger partial charge in [0.2, 0.25) is 5.91 Å². The summed E-state index contributed by atoms with van der Waals surface area (Å²) in [5.41, 5.74) is 4.35. The summed E-state index contributed by atoms with van der Waals surface area (Å²) in [4.78, 5) is 43.3. The second-order valence-electron chi connectivity index (χ2n) is 10.1. The second kappa shape index (κ2) is 9.98. The number of rotatable bonds is 8. The summed E-state index contributed by atoms with van der Waals surface area (Å²) in [6.45, 7) is 15.4. The average molecular weight is 455 g/mol. The summed E-state index contributed by atoms with van der Waals surface area (Å²) >= 11 is 0. The summed E-state index contributed by atoms with van der Waals surface area (Å²) < 4.78 is 0. The standard InChI is InChI=1S/C26H38N4O3/c1-8-29-21-14-30(20(11-15(2)3)24(31)27-13-16(4)5)25(32)22(21)23(28-26(29)33)19-10-9-17(6)12-18(19)7/h9-10,12,15-16,20,23H,8,11,13-14H2,1-7H3,(H,27,31)(H,28,33)/t20-,23+/m1/s1. The number of hydrogen-bond donors (Lipinski definition) is 2. The molecular weight excluding hydrogens is 416 g/mol. The van der Waals surface area contributed by atoms with Gasteiger partial charge in [0.25, 0.3) is 5.91 Å². The molecule has 0 fully saturated rings. The molecule has 0 saturated heterocycles. The van der Waals surface area contributed by atoms with Gasteiger partial charge < -0.3 is 15.5 Å². The van der Waals surface area contributed by atoms with Crippen molar-refractivity contribution in [1.82, 2.24) is 20.4 Å². The van der Waals surface area contributed by atoms with Crippen LogP contribution >= 0.6 is 0 Å². The van der Waals surface area contributed by atoms with Crippen molar-refractivity contribution in [2.45, 2.75) is 67.0 Å². The molecule has 2 atom stereocenters. The monoisotopic (exact) mass is 454 g/mol. The Morgan fingerprint density at radius 2 is 1.85 bits per heavy atom. The van der Waals surface area contributed by atoms with Crippen LogP contribution in [0.3, 0.4) is 0 Å². The van der Waals surface area contributed by atoms with Crippen LogP contribution in [-0.2, 0) is 9.59 Å². The highest BCUT2D eigenvalue weighted by atomic mass is 16.2. The fraction of sp³-hybridized carbons (Fsp3) is 0.577. The van der Waals surface area contributed by atoms with Crippen LogP contribution in [0.4, 0.5) is 4.79 Å². The minimum Gasteiger partial charge on any atom is -0.354 e. The van der Waals surface area contributed by atoms with E-state index in [2.05, 4.69) is 30.5 Å². The largest absolute Gasteiger partial charge is 0.354 e. The Morgan fingerprint density at radius 1 is 1.15 bits per heavy atom. The van der Waals surface area contributed by atoms with Gasteiger partial charge in [-0.2, -0.15) is 0 Å². The molecule has 180 valence electrons. The van der Waals surface area contributed by atoms with Crippen LogP contribution in [0.15, 0.2) is 29.5 Å². The number of amides is 4. The van der Waals surface area contributed by atoms with Gasteiger partial charge in [-0.05, 0) is 50.2 Å². The highest BCUT2D eigenvalue weighted by Gasteiger charge is 2.47. The van der Waals surface area contributed by atoms with Crippen molar-refractivity contribution in [3.8, 4) is 0 Å². The summed E-state index contributed by atoms with van der Waals surface area (Å²) in [7, 11) is 0. The molecule has 0 aromatic heterocycles. The average Bonchev–Trinajstić information content (AvgIpc) is 3.06. The van der Waals surface area contributed by atoms with E-state index < -0.39 is 12.1 Å². The number of benzene rings is 1. The lowest BCUT2D eigenvalue weighted by atomic mass is 9.91. The molecule has 0 aliphatic carbocycles. The molecule has 0 radical (unpaired) electrons. The van der Waals surface area contributed by atoms with Crippen LogP contribution in [-0.4, -0.2) is 53.3 Å². The first-order valence-electron chi connectivity index (χ1n) is 12.0. The van der Waals surface area contributed by atoms with Gasteiger partial charge in [0, 0.05) is 13.1 Å². The minimum absolute atomic E-state index is 0.129. The molecule has 3 rings (SSSR count). The van der Waals surface area contributed by atoms with Crippen molar-refractivity contribution in [3.63, 3.8) is 0 Å². The van der Waals surface area contributed by atoms with Crippen molar-refractivity contribution in [3.05, 3.63) is 46.2 Å². The van der Waals surface area contributed by atoms with Crippen molar-refractivity contribution in [2.75, 3.05) is 19.6 Å². The van der Waals surface area contributed by atoms with Gasteiger partial charge in [-0.25, -0.2) is 4.79 Å². The molecule has 2 heterocycles. The van der Waals surface area contributed by atoms with E-state index in [0.717, 1.165) is 16.7 Å². The Labute approximate surface area is 197 Å². The lowest BCUT2D eigenvalue weighted by molar-refractivity contribution is -0.137. The Morgan fingerprint density at radius 3 is 2.42 bits per heavy atom. The van der Waals surface area contributed by atoms with Crippen LogP contribution in [0.5, 0.6) is 0 Å². The number of likely N-dealkylation sites (N-methyl/N-ethyl adjacent to an activating group) is 1. The number of nitrogens with one attached hydrogen (secondary N) is 2. The molecule has 4 amide bonds. The minimum atomic E-state index is -0.574. The second-order valence-corrected chi connectivity index (χ2v) is 10.1. The third-order valence-corrected chi connectivity index (χ3v) is 6.36. The Balaban J connectivity index is 2.00. The maximum Gasteiger partial charge on any atom is 0.322 e. The van der Waals surface area contributed by atoms with Crippen molar-refractivity contribution in [2.24, 2.45) is 11.8 Å². The normalized spacial score (nSPS) is 19.4. The molecule has 33 heavy (non-hydrogen) atoms.